The molecule has 1 saturated carbocycles. The summed E-state index contributed by atoms with van der Waals surface area (Å²) in [4.78, 5) is 16.4. The van der Waals surface area contributed by atoms with E-state index in [1.165, 1.54) is 24.2 Å². The molecule has 0 aliphatic heterocycles. The molecule has 19 heavy (non-hydrogen) atoms. The second-order valence-corrected chi connectivity index (χ2v) is 7.07. The highest BCUT2D eigenvalue weighted by molar-refractivity contribution is 7.99. The van der Waals surface area contributed by atoms with Crippen molar-refractivity contribution >= 4 is 29.0 Å². The Hall–Kier alpha value is -0.590. The summed E-state index contributed by atoms with van der Waals surface area (Å²) in [6.07, 6.45) is 6.68. The molecule has 1 aliphatic rings. The highest BCUT2D eigenvalue weighted by Gasteiger charge is 2.23. The molecule has 1 amide bonds. The van der Waals surface area contributed by atoms with Crippen LogP contribution >= 0.6 is 23.1 Å². The molecule has 1 aromatic rings. The maximum atomic E-state index is 12.1. The Bertz CT molecular complexity index is 425. The maximum Gasteiger partial charge on any atom is 0.270 e. The van der Waals surface area contributed by atoms with Crippen molar-refractivity contribution in [1.29, 1.82) is 0 Å². The number of carbonyl (C=O) groups is 1. The number of amides is 1. The molecule has 1 unspecified atom stereocenters. The van der Waals surface area contributed by atoms with E-state index in [4.69, 9.17) is 5.73 Å². The Morgan fingerprint density at radius 1 is 1.53 bits per heavy atom. The summed E-state index contributed by atoms with van der Waals surface area (Å²) in [5.74, 6) is -0.0595. The molecule has 0 saturated heterocycles. The third kappa shape index (κ3) is 3.94. The molecule has 106 valence electrons. The normalized spacial score (nSPS) is 25.0. The van der Waals surface area contributed by atoms with Crippen molar-refractivity contribution < 1.29 is 4.79 Å². The second-order valence-electron chi connectivity index (χ2n) is 5.04. The number of nitrogens with one attached hydrogen (secondary N) is 1. The van der Waals surface area contributed by atoms with E-state index in [9.17, 15) is 4.79 Å². The number of rotatable bonds is 4. The maximum absolute atomic E-state index is 12.1. The number of hydrogen-bond acceptors (Lipinski definition) is 5. The highest BCUT2D eigenvalue weighted by atomic mass is 32.2. The Kier molecular flexibility index (Phi) is 5.24. The molecular weight excluding hydrogens is 278 g/mol. The summed E-state index contributed by atoms with van der Waals surface area (Å²) < 4.78 is 0. The van der Waals surface area contributed by atoms with E-state index in [-0.39, 0.29) is 11.9 Å². The van der Waals surface area contributed by atoms with Crippen LogP contribution in [0.15, 0.2) is 5.38 Å². The minimum Gasteiger partial charge on any atom is -0.348 e. The SMILES string of the molecule is CSC1CCC(NC(=O)c2csc(C(C)N)n2)CC1. The molecule has 3 N–H and O–H groups in total. The van der Waals surface area contributed by atoms with Gasteiger partial charge in [0.2, 0.25) is 0 Å². The summed E-state index contributed by atoms with van der Waals surface area (Å²) in [6.45, 7) is 1.88. The first-order valence-corrected chi connectivity index (χ1v) is 8.81. The third-order valence-electron chi connectivity index (χ3n) is 3.49. The minimum atomic E-state index is -0.108. The number of thioether (sulfide) groups is 1. The first kappa shape index (κ1) is 14.8. The monoisotopic (exact) mass is 299 g/mol. The quantitative estimate of drug-likeness (QED) is 0.896. The van der Waals surface area contributed by atoms with Crippen molar-refractivity contribution in [2.75, 3.05) is 6.26 Å². The molecule has 0 bridgehead atoms. The van der Waals surface area contributed by atoms with Gasteiger partial charge in [-0.3, -0.25) is 4.79 Å². The van der Waals surface area contributed by atoms with Gasteiger partial charge in [0.25, 0.3) is 5.91 Å². The van der Waals surface area contributed by atoms with Crippen molar-refractivity contribution in [3.8, 4) is 0 Å². The Morgan fingerprint density at radius 2 is 2.21 bits per heavy atom. The van der Waals surface area contributed by atoms with Crippen LogP contribution in [0.3, 0.4) is 0 Å². The number of nitrogens with two attached hydrogens (primary N) is 1. The molecule has 1 fully saturated rings. The largest absolute Gasteiger partial charge is 0.348 e. The van der Waals surface area contributed by atoms with Gasteiger partial charge in [-0.05, 0) is 38.9 Å². The van der Waals surface area contributed by atoms with Gasteiger partial charge in [-0.2, -0.15) is 11.8 Å². The van der Waals surface area contributed by atoms with Gasteiger partial charge in [0.15, 0.2) is 0 Å². The molecule has 2 rings (SSSR count). The van der Waals surface area contributed by atoms with Gasteiger partial charge in [0, 0.05) is 16.7 Å². The van der Waals surface area contributed by atoms with E-state index in [0.717, 1.165) is 23.1 Å². The van der Waals surface area contributed by atoms with Crippen molar-refractivity contribution in [2.45, 2.75) is 49.9 Å². The predicted octanol–water partition coefficient (Wildman–Crippen LogP) is 2.57. The zero-order valence-electron chi connectivity index (χ0n) is 11.4. The van der Waals surface area contributed by atoms with E-state index in [2.05, 4.69) is 16.6 Å². The molecule has 4 nitrogen and oxygen atoms in total. The lowest BCUT2D eigenvalue weighted by atomic mass is 9.95. The molecule has 0 aromatic carbocycles. The third-order valence-corrected chi connectivity index (χ3v) is 5.67. The smallest absolute Gasteiger partial charge is 0.270 e. The molecule has 1 aliphatic carbocycles. The lowest BCUT2D eigenvalue weighted by Gasteiger charge is -2.27. The fraction of sp³-hybridized carbons (Fsp3) is 0.692. The van der Waals surface area contributed by atoms with Crippen molar-refractivity contribution in [3.05, 3.63) is 16.1 Å². The number of carbonyl (C=O) groups excluding carboxylic acids is 1. The van der Waals surface area contributed by atoms with E-state index >= 15 is 0 Å². The summed E-state index contributed by atoms with van der Waals surface area (Å²) in [6, 6.07) is 0.194. The lowest BCUT2D eigenvalue weighted by Crippen LogP contribution is -2.38. The molecule has 0 spiro atoms. The van der Waals surface area contributed by atoms with Crippen LogP contribution in [0.5, 0.6) is 0 Å². The van der Waals surface area contributed by atoms with Crippen LogP contribution in [0.4, 0.5) is 0 Å². The Labute approximate surface area is 122 Å². The van der Waals surface area contributed by atoms with Crippen LogP contribution in [-0.4, -0.2) is 28.4 Å². The summed E-state index contributed by atoms with van der Waals surface area (Å²) >= 11 is 3.38. The van der Waals surface area contributed by atoms with Crippen molar-refractivity contribution in [3.63, 3.8) is 0 Å². The summed E-state index contributed by atoms with van der Waals surface area (Å²) in [5.41, 5.74) is 6.26. The second kappa shape index (κ2) is 6.72. The lowest BCUT2D eigenvalue weighted by molar-refractivity contribution is 0.0923. The van der Waals surface area contributed by atoms with Gasteiger partial charge in [-0.15, -0.1) is 11.3 Å². The average Bonchev–Trinajstić information content (AvgIpc) is 2.89. The number of aromatic nitrogens is 1. The van der Waals surface area contributed by atoms with Gasteiger partial charge >= 0.3 is 0 Å². The van der Waals surface area contributed by atoms with Crippen LogP contribution in [0.1, 0.15) is 54.1 Å². The first-order chi connectivity index (χ1) is 9.10. The Balaban J connectivity index is 1.87. The van der Waals surface area contributed by atoms with E-state index < -0.39 is 0 Å². The number of thiazole rings is 1. The molecule has 1 heterocycles. The van der Waals surface area contributed by atoms with Crippen LogP contribution in [0.2, 0.25) is 0 Å². The van der Waals surface area contributed by atoms with Crippen molar-refractivity contribution in [1.82, 2.24) is 10.3 Å². The molecular formula is C13H21N3OS2. The topological polar surface area (TPSA) is 68.0 Å². The predicted molar refractivity (Wildman–Crippen MR) is 81.7 cm³/mol. The first-order valence-electron chi connectivity index (χ1n) is 6.64. The van der Waals surface area contributed by atoms with Crippen LogP contribution in [0, 0.1) is 0 Å². The summed E-state index contributed by atoms with van der Waals surface area (Å²) in [7, 11) is 0. The molecule has 1 aromatic heterocycles. The van der Waals surface area contributed by atoms with Gasteiger partial charge in [-0.1, -0.05) is 0 Å². The van der Waals surface area contributed by atoms with Crippen molar-refractivity contribution in [2.24, 2.45) is 5.73 Å². The zero-order valence-corrected chi connectivity index (χ0v) is 13.0. The van der Waals surface area contributed by atoms with E-state index in [1.807, 2.05) is 18.7 Å². The Morgan fingerprint density at radius 3 is 2.74 bits per heavy atom. The average molecular weight is 299 g/mol. The number of hydrogen-bond donors (Lipinski definition) is 2. The van der Waals surface area contributed by atoms with Crippen LogP contribution in [0.25, 0.3) is 0 Å². The fourth-order valence-electron chi connectivity index (χ4n) is 2.30. The molecule has 6 heteroatoms. The van der Waals surface area contributed by atoms with Crippen LogP contribution in [-0.2, 0) is 0 Å². The fourth-order valence-corrected chi connectivity index (χ4v) is 3.80. The minimum absolute atomic E-state index is 0.0595. The standard InChI is InChI=1S/C13H21N3OS2/c1-8(14)13-16-11(7-19-13)12(17)15-9-3-5-10(18-2)6-4-9/h7-10H,3-6,14H2,1-2H3,(H,15,17). The van der Waals surface area contributed by atoms with Gasteiger partial charge in [0.05, 0.1) is 6.04 Å². The highest BCUT2D eigenvalue weighted by Crippen LogP contribution is 2.27. The zero-order chi connectivity index (χ0) is 13.8. The molecule has 1 atom stereocenters. The van der Waals surface area contributed by atoms with Gasteiger partial charge < -0.3 is 11.1 Å². The molecule has 0 radical (unpaired) electrons. The van der Waals surface area contributed by atoms with Gasteiger partial charge in [0.1, 0.15) is 10.7 Å². The van der Waals surface area contributed by atoms with E-state index in [1.54, 1.807) is 5.38 Å². The van der Waals surface area contributed by atoms with Gasteiger partial charge in [-0.25, -0.2) is 4.98 Å². The summed E-state index contributed by atoms with van der Waals surface area (Å²) in [5, 5.41) is 6.46. The van der Waals surface area contributed by atoms with Crippen LogP contribution < -0.4 is 11.1 Å². The number of nitrogens with zero attached hydrogens (tertiary/aromatic N) is 1. The van der Waals surface area contributed by atoms with E-state index in [0.29, 0.717) is 11.7 Å².